The van der Waals surface area contributed by atoms with E-state index in [1.807, 2.05) is 27.7 Å². The summed E-state index contributed by atoms with van der Waals surface area (Å²) in [5.41, 5.74) is 0.520. The fraction of sp³-hybridized carbons (Fsp3) is 0.686. The molecule has 2 bridgehead atoms. The van der Waals surface area contributed by atoms with Gasteiger partial charge < -0.3 is 24.2 Å². The number of likely N-dealkylation sites (tertiary alicyclic amines) is 1. The topological polar surface area (TPSA) is 101 Å². The van der Waals surface area contributed by atoms with E-state index >= 15 is 0 Å². The number of benzene rings is 1. The third-order valence-corrected chi connectivity index (χ3v) is 11.8. The number of amides is 1. The summed E-state index contributed by atoms with van der Waals surface area (Å²) in [5.74, 6) is 2.34. The van der Waals surface area contributed by atoms with Crippen LogP contribution in [-0.4, -0.2) is 88.3 Å². The highest BCUT2D eigenvalue weighted by molar-refractivity contribution is 5.97. The van der Waals surface area contributed by atoms with Crippen LogP contribution in [0, 0.1) is 34.4 Å². The molecule has 6 aliphatic rings. The predicted octanol–water partition coefficient (Wildman–Crippen LogP) is 5.33. The molecule has 3 aliphatic carbocycles. The normalized spacial score (nSPS) is 28.6. The average molecular weight is 635 g/mol. The molecule has 8 rings (SSSR count). The van der Waals surface area contributed by atoms with Gasteiger partial charge in [-0.25, -0.2) is 9.37 Å². The molecule has 46 heavy (non-hydrogen) atoms. The molecule has 4 atom stereocenters. The highest BCUT2D eigenvalue weighted by Crippen LogP contribution is 2.58. The molecule has 2 unspecified atom stereocenters. The number of rotatable bonds is 8. The monoisotopic (exact) mass is 634 g/mol. The first-order valence-electron chi connectivity index (χ1n) is 17.2. The number of hydrogen-bond acceptors (Lipinski definition) is 9. The number of fused-ring (bicyclic) bond motifs is 2. The van der Waals surface area contributed by atoms with Gasteiger partial charge in [0.05, 0.1) is 18.6 Å². The van der Waals surface area contributed by atoms with Gasteiger partial charge in [-0.1, -0.05) is 0 Å². The van der Waals surface area contributed by atoms with E-state index in [0.717, 1.165) is 44.9 Å². The van der Waals surface area contributed by atoms with Gasteiger partial charge in [0.15, 0.2) is 5.82 Å². The molecule has 3 saturated carbocycles. The van der Waals surface area contributed by atoms with Crippen LogP contribution in [0.15, 0.2) is 24.5 Å². The molecular weight excluding hydrogens is 587 g/mol. The number of cyclic esters (lactones) is 1. The summed E-state index contributed by atoms with van der Waals surface area (Å²) in [6, 6.07) is 3.87. The Balaban J connectivity index is 0.970. The molecule has 4 heterocycles. The maximum Gasteiger partial charge on any atom is 0.306 e. The van der Waals surface area contributed by atoms with E-state index in [-0.39, 0.29) is 52.0 Å². The molecular formula is C35H47FN6O4. The molecule has 248 valence electrons. The molecule has 11 heteroatoms. The van der Waals surface area contributed by atoms with Crippen LogP contribution in [0.1, 0.15) is 83.0 Å². The lowest BCUT2D eigenvalue weighted by atomic mass is 9.52. The Labute approximate surface area is 271 Å². The first-order valence-corrected chi connectivity index (χ1v) is 17.2. The summed E-state index contributed by atoms with van der Waals surface area (Å²) in [7, 11) is 0. The van der Waals surface area contributed by atoms with Gasteiger partial charge in [0.1, 0.15) is 17.9 Å². The van der Waals surface area contributed by atoms with Gasteiger partial charge in [-0.2, -0.15) is 0 Å². The maximum atomic E-state index is 14.4. The summed E-state index contributed by atoms with van der Waals surface area (Å²) < 4.78 is 26.0. The standard InChI is InChI=1S/C35H47FN6O4/c1-22(2)42(23(3)4)33(44)28-14-27(36)7-8-29(28)46-32-31(37-21-38-39-32)41-18-34(19-41)9-11-40(12-10-34)17-25-13-26-6-5-24(25)15-35(26)16-30(43)45-20-35/h7-8,14,21-26H,5-6,9-13,15-20H2,1-4H3/t24-,25+,26?,35?/m1/s1. The lowest BCUT2D eigenvalue weighted by Crippen LogP contribution is -2.61. The Bertz CT molecular complexity index is 1460. The van der Waals surface area contributed by atoms with Crippen molar-refractivity contribution < 1.29 is 23.5 Å². The number of anilines is 1. The Kier molecular flexibility index (Phi) is 8.18. The smallest absolute Gasteiger partial charge is 0.306 e. The van der Waals surface area contributed by atoms with E-state index < -0.39 is 5.82 Å². The van der Waals surface area contributed by atoms with Gasteiger partial charge in [0.25, 0.3) is 11.8 Å². The fourth-order valence-corrected chi connectivity index (χ4v) is 9.45. The number of ether oxygens (including phenoxy) is 2. The number of aromatic nitrogens is 3. The van der Waals surface area contributed by atoms with Gasteiger partial charge >= 0.3 is 5.97 Å². The summed E-state index contributed by atoms with van der Waals surface area (Å²) in [6.45, 7) is 13.5. The number of hydrogen-bond donors (Lipinski definition) is 0. The lowest BCUT2D eigenvalue weighted by Gasteiger charge is -2.56. The molecule has 0 radical (unpaired) electrons. The maximum absolute atomic E-state index is 14.4. The molecule has 3 saturated heterocycles. The van der Waals surface area contributed by atoms with Crippen LogP contribution in [0.3, 0.4) is 0 Å². The van der Waals surface area contributed by atoms with Gasteiger partial charge in [-0.05, 0) is 115 Å². The minimum atomic E-state index is -0.503. The van der Waals surface area contributed by atoms with Crippen molar-refractivity contribution in [2.24, 2.45) is 28.6 Å². The largest absolute Gasteiger partial charge is 0.465 e. The first kappa shape index (κ1) is 31.3. The van der Waals surface area contributed by atoms with Crippen LogP contribution in [0.5, 0.6) is 11.6 Å². The van der Waals surface area contributed by atoms with Crippen molar-refractivity contribution in [3.8, 4) is 11.6 Å². The summed E-state index contributed by atoms with van der Waals surface area (Å²) in [6.07, 6.45) is 9.31. The second-order valence-electron chi connectivity index (χ2n) is 15.3. The van der Waals surface area contributed by atoms with E-state index in [0.29, 0.717) is 30.7 Å². The number of esters is 1. The minimum absolute atomic E-state index is 0.00586. The minimum Gasteiger partial charge on any atom is -0.465 e. The highest BCUT2D eigenvalue weighted by Gasteiger charge is 2.55. The molecule has 6 fully saturated rings. The van der Waals surface area contributed by atoms with E-state index in [2.05, 4.69) is 25.0 Å². The average Bonchev–Trinajstić information content (AvgIpc) is 3.37. The molecule has 1 aromatic carbocycles. The summed E-state index contributed by atoms with van der Waals surface area (Å²) >= 11 is 0. The number of carbonyl (C=O) groups excluding carboxylic acids is 2. The molecule has 10 nitrogen and oxygen atoms in total. The highest BCUT2D eigenvalue weighted by atomic mass is 19.1. The Morgan fingerprint density at radius 1 is 1.15 bits per heavy atom. The van der Waals surface area contributed by atoms with Crippen LogP contribution in [0.25, 0.3) is 0 Å². The van der Waals surface area contributed by atoms with Gasteiger partial charge in [-0.3, -0.25) is 9.59 Å². The molecule has 1 amide bonds. The number of nitrogens with zero attached hydrogens (tertiary/aromatic N) is 6. The van der Waals surface area contributed by atoms with Gasteiger partial charge in [0.2, 0.25) is 0 Å². The first-order chi connectivity index (χ1) is 22.0. The van der Waals surface area contributed by atoms with Crippen molar-refractivity contribution in [3.63, 3.8) is 0 Å². The van der Waals surface area contributed by atoms with Crippen molar-refractivity contribution in [1.82, 2.24) is 25.0 Å². The van der Waals surface area contributed by atoms with Crippen LogP contribution in [0.2, 0.25) is 0 Å². The fourth-order valence-electron chi connectivity index (χ4n) is 9.45. The quantitative estimate of drug-likeness (QED) is 0.357. The van der Waals surface area contributed by atoms with Crippen molar-refractivity contribution >= 4 is 17.7 Å². The molecule has 2 spiro atoms. The van der Waals surface area contributed by atoms with Crippen molar-refractivity contribution in [2.75, 3.05) is 44.2 Å². The van der Waals surface area contributed by atoms with Crippen LogP contribution >= 0.6 is 0 Å². The summed E-state index contributed by atoms with van der Waals surface area (Å²) in [5, 5.41) is 8.21. The number of piperidine rings is 1. The third-order valence-electron chi connectivity index (χ3n) is 11.8. The van der Waals surface area contributed by atoms with Crippen molar-refractivity contribution in [2.45, 2.75) is 84.7 Å². The van der Waals surface area contributed by atoms with Crippen molar-refractivity contribution in [3.05, 3.63) is 35.9 Å². The molecule has 2 aromatic rings. The van der Waals surface area contributed by atoms with Gasteiger partial charge in [-0.15, -0.1) is 10.2 Å². The zero-order chi connectivity index (χ0) is 32.2. The second-order valence-corrected chi connectivity index (χ2v) is 15.3. The van der Waals surface area contributed by atoms with Crippen LogP contribution in [-0.2, 0) is 9.53 Å². The van der Waals surface area contributed by atoms with Crippen molar-refractivity contribution in [1.29, 1.82) is 0 Å². The van der Waals surface area contributed by atoms with Gasteiger partial charge in [0, 0.05) is 42.5 Å². The number of carbonyl (C=O) groups is 2. The Morgan fingerprint density at radius 2 is 1.91 bits per heavy atom. The summed E-state index contributed by atoms with van der Waals surface area (Å²) in [4.78, 5) is 36.6. The zero-order valence-electron chi connectivity index (χ0n) is 27.6. The molecule has 1 aromatic heterocycles. The second kappa shape index (κ2) is 12.0. The van der Waals surface area contributed by atoms with Crippen LogP contribution in [0.4, 0.5) is 10.2 Å². The Hall–Kier alpha value is -3.34. The van der Waals surface area contributed by atoms with E-state index in [1.54, 1.807) is 4.90 Å². The SMILES string of the molecule is CC(C)N(C(=O)c1cc(F)ccc1Oc1nncnc1N1CC2(CCN(C[C@@H]3CC4CC[C@@H]3CC43COC(=O)C3)CC2)C1)C(C)C. The Morgan fingerprint density at radius 3 is 2.57 bits per heavy atom. The third kappa shape index (κ3) is 5.73. The predicted molar refractivity (Wildman–Crippen MR) is 170 cm³/mol. The molecule has 0 N–H and O–H groups in total. The number of halogens is 1. The zero-order valence-corrected chi connectivity index (χ0v) is 27.6. The van der Waals surface area contributed by atoms with E-state index in [4.69, 9.17) is 9.47 Å². The van der Waals surface area contributed by atoms with Crippen LogP contribution < -0.4 is 9.64 Å². The van der Waals surface area contributed by atoms with E-state index in [9.17, 15) is 14.0 Å². The molecule has 3 aliphatic heterocycles. The lowest BCUT2D eigenvalue weighted by molar-refractivity contribution is -0.137. The van der Waals surface area contributed by atoms with E-state index in [1.165, 1.54) is 56.8 Å².